The minimum Gasteiger partial charge on any atom is -0.310 e. The average Bonchev–Trinajstić information content (AvgIpc) is 3.69. The van der Waals surface area contributed by atoms with E-state index in [0.29, 0.717) is 0 Å². The number of hydrogen-bond donors (Lipinski definition) is 0. The minimum absolute atomic E-state index is 0.196. The van der Waals surface area contributed by atoms with Crippen molar-refractivity contribution in [2.24, 2.45) is 0 Å². The van der Waals surface area contributed by atoms with Crippen molar-refractivity contribution in [2.75, 3.05) is 4.90 Å². The molecule has 0 atom stereocenters. The van der Waals surface area contributed by atoms with Crippen LogP contribution in [0.15, 0.2) is 188 Å². The van der Waals surface area contributed by atoms with Crippen LogP contribution in [-0.2, 0) is 5.41 Å². The molecule has 57 heavy (non-hydrogen) atoms. The summed E-state index contributed by atoms with van der Waals surface area (Å²) in [7, 11) is -1.47. The van der Waals surface area contributed by atoms with E-state index in [1.54, 1.807) is 0 Å². The van der Waals surface area contributed by atoms with Crippen LogP contribution < -0.4 is 10.1 Å². The number of hydrogen-bond acceptors (Lipinski definition) is 1. The van der Waals surface area contributed by atoms with Crippen molar-refractivity contribution in [3.8, 4) is 39.1 Å². The Labute approximate surface area is 337 Å². The number of rotatable bonds is 7. The van der Waals surface area contributed by atoms with Gasteiger partial charge in [-0.3, -0.25) is 0 Å². The van der Waals surface area contributed by atoms with Crippen molar-refractivity contribution in [1.29, 1.82) is 0 Å². The molecule has 10 rings (SSSR count). The van der Waals surface area contributed by atoms with Crippen LogP contribution in [0.2, 0.25) is 19.6 Å². The lowest BCUT2D eigenvalue weighted by molar-refractivity contribution is 0.660. The van der Waals surface area contributed by atoms with Crippen molar-refractivity contribution in [3.05, 3.63) is 199 Å². The number of nitrogens with zero attached hydrogens (tertiary/aromatic N) is 2. The van der Waals surface area contributed by atoms with E-state index in [-0.39, 0.29) is 5.41 Å². The molecular weight excluding hydrogens is 705 g/mol. The number of anilines is 3. The fourth-order valence-corrected chi connectivity index (χ4v) is 10.2. The number of aromatic nitrogens is 1. The molecule has 1 aromatic heterocycles. The fraction of sp³-hybridized carbons (Fsp3) is 0.111. The van der Waals surface area contributed by atoms with Crippen LogP contribution in [0.1, 0.15) is 25.0 Å². The second-order valence-corrected chi connectivity index (χ2v) is 22.2. The van der Waals surface area contributed by atoms with Crippen LogP contribution in [0, 0.1) is 0 Å². The van der Waals surface area contributed by atoms with Gasteiger partial charge in [0.15, 0.2) is 0 Å². The predicted octanol–water partition coefficient (Wildman–Crippen LogP) is 14.4. The largest absolute Gasteiger partial charge is 0.310 e. The highest BCUT2D eigenvalue weighted by Gasteiger charge is 2.36. The minimum atomic E-state index is -1.47. The molecule has 0 unspecified atom stereocenters. The van der Waals surface area contributed by atoms with E-state index in [4.69, 9.17) is 0 Å². The zero-order valence-corrected chi connectivity index (χ0v) is 34.3. The molecule has 0 spiro atoms. The molecular formula is C54H46N2Si. The lowest BCUT2D eigenvalue weighted by atomic mass is 9.82. The summed E-state index contributed by atoms with van der Waals surface area (Å²) in [6.45, 7) is 12.0. The highest BCUT2D eigenvalue weighted by atomic mass is 28.3. The maximum absolute atomic E-state index is 2.44. The van der Waals surface area contributed by atoms with E-state index in [1.807, 2.05) is 0 Å². The summed E-state index contributed by atoms with van der Waals surface area (Å²) >= 11 is 0. The van der Waals surface area contributed by atoms with Crippen LogP contribution in [0.25, 0.3) is 60.9 Å². The molecule has 0 aliphatic heterocycles. The van der Waals surface area contributed by atoms with Gasteiger partial charge in [-0.25, -0.2) is 0 Å². The van der Waals surface area contributed by atoms with Gasteiger partial charge in [-0.1, -0.05) is 166 Å². The molecule has 3 heteroatoms. The van der Waals surface area contributed by atoms with E-state index < -0.39 is 8.07 Å². The molecule has 9 aromatic rings. The van der Waals surface area contributed by atoms with Crippen LogP contribution in [0.4, 0.5) is 17.1 Å². The van der Waals surface area contributed by atoms with Gasteiger partial charge in [0, 0.05) is 38.9 Å². The van der Waals surface area contributed by atoms with Gasteiger partial charge < -0.3 is 9.47 Å². The Balaban J connectivity index is 1.04. The third kappa shape index (κ3) is 5.93. The number of para-hydroxylation sites is 2. The monoisotopic (exact) mass is 750 g/mol. The molecule has 0 fully saturated rings. The molecule has 0 radical (unpaired) electrons. The molecule has 8 aromatic carbocycles. The predicted molar refractivity (Wildman–Crippen MR) is 247 cm³/mol. The zero-order chi connectivity index (χ0) is 38.9. The first-order valence-corrected chi connectivity index (χ1v) is 23.6. The Kier molecular flexibility index (Phi) is 8.21. The van der Waals surface area contributed by atoms with Gasteiger partial charge in [-0.15, -0.1) is 0 Å². The van der Waals surface area contributed by atoms with Gasteiger partial charge in [-0.2, -0.15) is 0 Å². The quantitative estimate of drug-likeness (QED) is 0.147. The average molecular weight is 751 g/mol. The summed E-state index contributed by atoms with van der Waals surface area (Å²) in [5, 5.41) is 4.03. The van der Waals surface area contributed by atoms with E-state index in [0.717, 1.165) is 11.4 Å². The lowest BCUT2D eigenvalue weighted by Gasteiger charge is -2.29. The SMILES string of the molecule is CC1(C)c2cc(N(c3ccc(-c4ccc(-c5ccccc5)cc4)cc3)c3ccc([Si](C)(C)C)cc3)ccc2-c2ccc(-n3c4ccccc4c4ccccc43)cc21. The zero-order valence-electron chi connectivity index (χ0n) is 33.3. The van der Waals surface area contributed by atoms with Gasteiger partial charge in [0.25, 0.3) is 0 Å². The Morgan fingerprint density at radius 3 is 1.42 bits per heavy atom. The first-order chi connectivity index (χ1) is 27.6. The maximum Gasteiger partial charge on any atom is 0.0775 e. The van der Waals surface area contributed by atoms with Crippen molar-refractivity contribution >= 4 is 52.1 Å². The Morgan fingerprint density at radius 2 is 0.860 bits per heavy atom. The third-order valence-corrected chi connectivity index (χ3v) is 14.2. The molecule has 1 aliphatic rings. The van der Waals surface area contributed by atoms with Gasteiger partial charge in [0.2, 0.25) is 0 Å². The van der Waals surface area contributed by atoms with Gasteiger partial charge >= 0.3 is 0 Å². The Hall–Kier alpha value is -6.42. The molecule has 0 bridgehead atoms. The molecule has 0 N–H and O–H groups in total. The van der Waals surface area contributed by atoms with E-state index >= 15 is 0 Å². The molecule has 0 saturated carbocycles. The number of benzene rings is 8. The lowest BCUT2D eigenvalue weighted by Crippen LogP contribution is -2.37. The first-order valence-electron chi connectivity index (χ1n) is 20.1. The van der Waals surface area contributed by atoms with Crippen molar-refractivity contribution in [1.82, 2.24) is 4.57 Å². The Bertz CT molecular complexity index is 2880. The molecule has 0 amide bonds. The van der Waals surface area contributed by atoms with Gasteiger partial charge in [0.1, 0.15) is 0 Å². The molecule has 2 nitrogen and oxygen atoms in total. The topological polar surface area (TPSA) is 8.17 Å². The first kappa shape index (κ1) is 35.0. The van der Waals surface area contributed by atoms with E-state index in [1.165, 1.54) is 82.9 Å². The van der Waals surface area contributed by atoms with Crippen LogP contribution in [-0.4, -0.2) is 12.6 Å². The molecule has 1 heterocycles. The third-order valence-electron chi connectivity index (χ3n) is 12.2. The standard InChI is InChI=1S/C54H46N2Si/c1-54(2)50-35-43(29-33-46(50)47-34-30-44(36-51(47)54)56-52-17-11-9-15-48(52)49-16-10-12-18-53(49)56)55(42-27-31-45(32-28-42)57(3,4)5)41-25-23-40(24-26-41)39-21-19-38(20-22-39)37-13-7-6-8-14-37/h6-36H,1-5H3. The fourth-order valence-electron chi connectivity index (χ4n) is 9.04. The van der Waals surface area contributed by atoms with Crippen molar-refractivity contribution in [3.63, 3.8) is 0 Å². The highest BCUT2D eigenvalue weighted by Crippen LogP contribution is 2.51. The van der Waals surface area contributed by atoms with Crippen LogP contribution in [0.3, 0.4) is 0 Å². The molecule has 1 aliphatic carbocycles. The normalized spacial score (nSPS) is 13.1. The van der Waals surface area contributed by atoms with E-state index in [9.17, 15) is 0 Å². The second-order valence-electron chi connectivity index (χ2n) is 17.1. The van der Waals surface area contributed by atoms with Crippen LogP contribution in [0.5, 0.6) is 0 Å². The Morgan fingerprint density at radius 1 is 0.421 bits per heavy atom. The molecule has 276 valence electrons. The number of fused-ring (bicyclic) bond motifs is 6. The maximum atomic E-state index is 2.44. The van der Waals surface area contributed by atoms with Crippen molar-refractivity contribution < 1.29 is 0 Å². The van der Waals surface area contributed by atoms with Gasteiger partial charge in [0.05, 0.1) is 19.1 Å². The van der Waals surface area contributed by atoms with Crippen LogP contribution >= 0.6 is 0 Å². The summed E-state index contributed by atoms with van der Waals surface area (Å²) in [5.74, 6) is 0. The van der Waals surface area contributed by atoms with E-state index in [2.05, 4.69) is 231 Å². The summed E-state index contributed by atoms with van der Waals surface area (Å²) in [5.41, 5.74) is 17.2. The highest BCUT2D eigenvalue weighted by molar-refractivity contribution is 6.88. The molecule has 0 saturated heterocycles. The summed E-state index contributed by atoms with van der Waals surface area (Å²) in [4.78, 5) is 2.43. The smallest absolute Gasteiger partial charge is 0.0775 e. The summed E-state index contributed by atoms with van der Waals surface area (Å²) in [6, 6.07) is 69.6. The summed E-state index contributed by atoms with van der Waals surface area (Å²) < 4.78 is 2.43. The van der Waals surface area contributed by atoms with Gasteiger partial charge in [-0.05, 0) is 105 Å². The van der Waals surface area contributed by atoms with Crippen molar-refractivity contribution in [2.45, 2.75) is 38.9 Å². The summed E-state index contributed by atoms with van der Waals surface area (Å²) in [6.07, 6.45) is 0. The second kappa shape index (κ2) is 13.4.